The quantitative estimate of drug-likeness (QED) is 0.657. The van der Waals surface area contributed by atoms with Gasteiger partial charge >= 0.3 is 5.63 Å². The van der Waals surface area contributed by atoms with Gasteiger partial charge < -0.3 is 14.8 Å². The second kappa shape index (κ2) is 5.24. The molecule has 21 heavy (non-hydrogen) atoms. The molecule has 1 aromatic carbocycles. The second-order valence-electron chi connectivity index (χ2n) is 6.37. The molecule has 0 spiro atoms. The van der Waals surface area contributed by atoms with E-state index in [9.17, 15) is 14.7 Å². The summed E-state index contributed by atoms with van der Waals surface area (Å²) < 4.78 is 5.16. The van der Waals surface area contributed by atoms with Crippen molar-refractivity contribution in [3.8, 4) is 5.75 Å². The van der Waals surface area contributed by atoms with Crippen molar-refractivity contribution in [2.45, 2.75) is 34.1 Å². The van der Waals surface area contributed by atoms with Crippen LogP contribution in [0.15, 0.2) is 27.4 Å². The molecule has 1 heterocycles. The molecule has 0 radical (unpaired) electrons. The number of phenolic OH excluding ortho intramolecular Hbond substituents is 1. The third-order valence-electron chi connectivity index (χ3n) is 3.05. The maximum atomic E-state index is 12.1. The Morgan fingerprint density at radius 1 is 1.33 bits per heavy atom. The summed E-state index contributed by atoms with van der Waals surface area (Å²) in [5.41, 5.74) is 0.371. The summed E-state index contributed by atoms with van der Waals surface area (Å²) >= 11 is 0. The lowest BCUT2D eigenvalue weighted by Gasteiger charge is -2.18. The number of phenols is 1. The minimum atomic E-state index is -0.517. The van der Waals surface area contributed by atoms with E-state index in [4.69, 9.17) is 4.42 Å². The van der Waals surface area contributed by atoms with Crippen LogP contribution in [0.5, 0.6) is 5.75 Å². The van der Waals surface area contributed by atoms with Crippen LogP contribution in [0, 0.1) is 12.3 Å². The standard InChI is InChI=1S/C16H19NO4/c1-9-7-13(20)21-15-10(9)5-6-11(18)14(15)17-12(19)8-16(2,3)4/h5-7,18H,8H2,1-4H3,(H,17,19). The highest BCUT2D eigenvalue weighted by atomic mass is 16.4. The van der Waals surface area contributed by atoms with E-state index in [0.717, 1.165) is 5.56 Å². The molecule has 0 unspecified atom stereocenters. The van der Waals surface area contributed by atoms with Crippen LogP contribution in [0.3, 0.4) is 0 Å². The number of hydrogen-bond acceptors (Lipinski definition) is 4. The molecule has 5 nitrogen and oxygen atoms in total. The highest BCUT2D eigenvalue weighted by Crippen LogP contribution is 2.33. The first-order valence-corrected chi connectivity index (χ1v) is 6.74. The van der Waals surface area contributed by atoms with E-state index in [-0.39, 0.29) is 28.3 Å². The summed E-state index contributed by atoms with van der Waals surface area (Å²) in [6.07, 6.45) is 0.291. The molecule has 0 bridgehead atoms. The fourth-order valence-corrected chi connectivity index (χ4v) is 2.16. The van der Waals surface area contributed by atoms with Crippen LogP contribution < -0.4 is 10.9 Å². The van der Waals surface area contributed by atoms with Gasteiger partial charge in [-0.3, -0.25) is 4.79 Å². The molecule has 0 saturated carbocycles. The molecule has 0 aliphatic rings. The molecule has 0 fully saturated rings. The summed E-state index contributed by atoms with van der Waals surface area (Å²) in [5.74, 6) is -0.368. The Balaban J connectivity index is 2.50. The molecule has 0 atom stereocenters. The molecular weight excluding hydrogens is 270 g/mol. The molecule has 0 aliphatic carbocycles. The first-order chi connectivity index (χ1) is 9.67. The van der Waals surface area contributed by atoms with Crippen molar-refractivity contribution in [2.24, 2.45) is 5.41 Å². The molecule has 0 aliphatic heterocycles. The number of benzene rings is 1. The van der Waals surface area contributed by atoms with Crippen LogP contribution in [-0.4, -0.2) is 11.0 Å². The summed E-state index contributed by atoms with van der Waals surface area (Å²) in [7, 11) is 0. The summed E-state index contributed by atoms with van der Waals surface area (Å²) in [4.78, 5) is 23.6. The Labute approximate surface area is 122 Å². The SMILES string of the molecule is Cc1cc(=O)oc2c(NC(=O)CC(C)(C)C)c(O)ccc12. The van der Waals surface area contributed by atoms with Gasteiger partial charge in [-0.25, -0.2) is 4.79 Å². The van der Waals surface area contributed by atoms with E-state index < -0.39 is 5.63 Å². The van der Waals surface area contributed by atoms with Crippen LogP contribution in [0.4, 0.5) is 5.69 Å². The summed E-state index contributed by atoms with van der Waals surface area (Å²) in [5, 5.41) is 13.3. The van der Waals surface area contributed by atoms with Crippen molar-refractivity contribution in [3.05, 3.63) is 34.2 Å². The fraction of sp³-hybridized carbons (Fsp3) is 0.375. The lowest BCUT2D eigenvalue weighted by atomic mass is 9.92. The average molecular weight is 289 g/mol. The van der Waals surface area contributed by atoms with Crippen LogP contribution in [0.25, 0.3) is 11.0 Å². The van der Waals surface area contributed by atoms with Crippen LogP contribution >= 0.6 is 0 Å². The minimum absolute atomic E-state index is 0.126. The first-order valence-electron chi connectivity index (χ1n) is 6.74. The molecule has 2 N–H and O–H groups in total. The number of carbonyl (C=O) groups is 1. The lowest BCUT2D eigenvalue weighted by Crippen LogP contribution is -2.20. The summed E-state index contributed by atoms with van der Waals surface area (Å²) in [6.45, 7) is 7.61. The molecule has 1 amide bonds. The van der Waals surface area contributed by atoms with Crippen LogP contribution in [0.1, 0.15) is 32.8 Å². The van der Waals surface area contributed by atoms with Crippen molar-refractivity contribution in [2.75, 3.05) is 5.32 Å². The lowest BCUT2D eigenvalue weighted by molar-refractivity contribution is -0.117. The number of rotatable bonds is 2. The van der Waals surface area contributed by atoms with Gasteiger partial charge in [0.2, 0.25) is 5.91 Å². The predicted octanol–water partition coefficient (Wildman–Crippen LogP) is 3.18. The van der Waals surface area contributed by atoms with Gasteiger partial charge in [0.15, 0.2) is 5.58 Å². The highest BCUT2D eigenvalue weighted by Gasteiger charge is 2.19. The maximum absolute atomic E-state index is 12.1. The zero-order valence-electron chi connectivity index (χ0n) is 12.6. The molecule has 1 aromatic heterocycles. The number of anilines is 1. The van der Waals surface area contributed by atoms with Crippen molar-refractivity contribution >= 4 is 22.6 Å². The number of carbonyl (C=O) groups excluding carboxylic acids is 1. The van der Waals surface area contributed by atoms with Gasteiger partial charge in [0.25, 0.3) is 0 Å². The molecule has 112 valence electrons. The number of nitrogens with one attached hydrogen (secondary N) is 1. The van der Waals surface area contributed by atoms with E-state index in [1.807, 2.05) is 20.8 Å². The molecule has 5 heteroatoms. The van der Waals surface area contributed by atoms with Crippen LogP contribution in [0.2, 0.25) is 0 Å². The van der Waals surface area contributed by atoms with Crippen LogP contribution in [-0.2, 0) is 4.79 Å². The molecule has 2 aromatic rings. The predicted molar refractivity (Wildman–Crippen MR) is 81.6 cm³/mol. The second-order valence-corrected chi connectivity index (χ2v) is 6.37. The van der Waals surface area contributed by atoms with E-state index in [0.29, 0.717) is 11.8 Å². The van der Waals surface area contributed by atoms with Crippen molar-refractivity contribution in [3.63, 3.8) is 0 Å². The normalized spacial score (nSPS) is 11.6. The van der Waals surface area contributed by atoms with Gasteiger partial charge in [0, 0.05) is 17.9 Å². The van der Waals surface area contributed by atoms with Crippen molar-refractivity contribution < 1.29 is 14.3 Å². The van der Waals surface area contributed by atoms with Crippen molar-refractivity contribution in [1.82, 2.24) is 0 Å². The van der Waals surface area contributed by atoms with Gasteiger partial charge in [-0.1, -0.05) is 20.8 Å². The topological polar surface area (TPSA) is 79.5 Å². The Morgan fingerprint density at radius 2 is 2.00 bits per heavy atom. The Bertz CT molecular complexity index is 753. The number of fused-ring (bicyclic) bond motifs is 1. The summed E-state index contributed by atoms with van der Waals surface area (Å²) in [6, 6.07) is 4.50. The van der Waals surface area contributed by atoms with Gasteiger partial charge in [-0.2, -0.15) is 0 Å². The third-order valence-corrected chi connectivity index (χ3v) is 3.05. The number of hydrogen-bond donors (Lipinski definition) is 2. The highest BCUT2D eigenvalue weighted by molar-refractivity contribution is 6.02. The number of amides is 1. The average Bonchev–Trinajstić information content (AvgIpc) is 2.30. The fourth-order valence-electron chi connectivity index (χ4n) is 2.16. The zero-order chi connectivity index (χ0) is 15.8. The monoisotopic (exact) mass is 289 g/mol. The van der Waals surface area contributed by atoms with Gasteiger partial charge in [0.05, 0.1) is 0 Å². The number of aryl methyl sites for hydroxylation is 1. The largest absolute Gasteiger partial charge is 0.506 e. The smallest absolute Gasteiger partial charge is 0.336 e. The van der Waals surface area contributed by atoms with E-state index in [1.54, 1.807) is 13.0 Å². The van der Waals surface area contributed by atoms with Gasteiger partial charge in [-0.05, 0) is 30.0 Å². The number of aromatic hydroxyl groups is 1. The Hall–Kier alpha value is -2.30. The van der Waals surface area contributed by atoms with E-state index >= 15 is 0 Å². The minimum Gasteiger partial charge on any atom is -0.506 e. The van der Waals surface area contributed by atoms with Gasteiger partial charge in [0.1, 0.15) is 11.4 Å². The third kappa shape index (κ3) is 3.42. The molecule has 0 saturated heterocycles. The Morgan fingerprint density at radius 3 is 2.62 bits per heavy atom. The van der Waals surface area contributed by atoms with E-state index in [1.165, 1.54) is 12.1 Å². The Kier molecular flexibility index (Phi) is 3.77. The molecular formula is C16H19NO4. The maximum Gasteiger partial charge on any atom is 0.336 e. The zero-order valence-corrected chi connectivity index (χ0v) is 12.6. The van der Waals surface area contributed by atoms with Crippen molar-refractivity contribution in [1.29, 1.82) is 0 Å². The van der Waals surface area contributed by atoms with E-state index in [2.05, 4.69) is 5.32 Å². The van der Waals surface area contributed by atoms with Gasteiger partial charge in [-0.15, -0.1) is 0 Å². The molecule has 2 rings (SSSR count). The first kappa shape index (κ1) is 15.1.